The average Bonchev–Trinajstić information content (AvgIpc) is 2.55. The van der Waals surface area contributed by atoms with E-state index in [0.717, 1.165) is 24.1 Å². The van der Waals surface area contributed by atoms with Crippen molar-refractivity contribution >= 4 is 11.9 Å². The quantitative estimate of drug-likeness (QED) is 0.569. The molecular formula is C19H18N2. The first-order valence-electron chi connectivity index (χ1n) is 7.06. The van der Waals surface area contributed by atoms with Gasteiger partial charge >= 0.3 is 0 Å². The van der Waals surface area contributed by atoms with Gasteiger partial charge in [0.2, 0.25) is 0 Å². The van der Waals surface area contributed by atoms with Crippen LogP contribution in [0.3, 0.4) is 0 Å². The maximum absolute atomic E-state index is 8.75. The number of aliphatic imine (C=N–C) groups is 1. The molecule has 2 aromatic carbocycles. The maximum atomic E-state index is 8.75. The van der Waals surface area contributed by atoms with Gasteiger partial charge in [-0.05, 0) is 55.2 Å². The van der Waals surface area contributed by atoms with Gasteiger partial charge in [-0.1, -0.05) is 36.4 Å². The average molecular weight is 274 g/mol. The first-order chi connectivity index (χ1) is 10.3. The molecule has 0 aliphatic heterocycles. The van der Waals surface area contributed by atoms with Gasteiger partial charge in [0.05, 0.1) is 17.3 Å². The van der Waals surface area contributed by atoms with Crippen LogP contribution in [0, 0.1) is 11.3 Å². The Bertz CT molecular complexity index is 656. The van der Waals surface area contributed by atoms with Crippen molar-refractivity contribution in [1.29, 1.82) is 5.26 Å². The molecule has 0 amide bonds. The Hall–Kier alpha value is -2.66. The lowest BCUT2D eigenvalue weighted by molar-refractivity contribution is 0.999. The predicted molar refractivity (Wildman–Crippen MR) is 88.0 cm³/mol. The first kappa shape index (κ1) is 14.7. The van der Waals surface area contributed by atoms with Crippen LogP contribution in [-0.4, -0.2) is 6.21 Å². The van der Waals surface area contributed by atoms with E-state index in [2.05, 4.69) is 47.5 Å². The third-order valence-electron chi connectivity index (χ3n) is 3.17. The van der Waals surface area contributed by atoms with Gasteiger partial charge in [-0.2, -0.15) is 5.26 Å². The fourth-order valence-corrected chi connectivity index (χ4v) is 1.96. The highest BCUT2D eigenvalue weighted by Gasteiger charge is 1.93. The Morgan fingerprint density at radius 3 is 2.38 bits per heavy atom. The van der Waals surface area contributed by atoms with Crippen LogP contribution >= 0.6 is 0 Å². The van der Waals surface area contributed by atoms with Crippen LogP contribution in [0.25, 0.3) is 0 Å². The van der Waals surface area contributed by atoms with E-state index in [0.29, 0.717) is 5.56 Å². The highest BCUT2D eigenvalue weighted by atomic mass is 14.7. The fraction of sp³-hybridized carbons (Fsp3) is 0.158. The molecule has 0 aromatic heterocycles. The van der Waals surface area contributed by atoms with Crippen LogP contribution in [0.4, 0.5) is 5.69 Å². The van der Waals surface area contributed by atoms with E-state index in [1.54, 1.807) is 12.1 Å². The van der Waals surface area contributed by atoms with Crippen molar-refractivity contribution in [1.82, 2.24) is 0 Å². The van der Waals surface area contributed by atoms with Crippen LogP contribution in [0.1, 0.15) is 30.0 Å². The molecule has 0 spiro atoms. The zero-order valence-electron chi connectivity index (χ0n) is 12.2. The molecule has 0 unspecified atom stereocenters. The van der Waals surface area contributed by atoms with Crippen molar-refractivity contribution in [2.45, 2.75) is 19.8 Å². The van der Waals surface area contributed by atoms with E-state index in [-0.39, 0.29) is 0 Å². The molecule has 104 valence electrons. The molecule has 0 saturated heterocycles. The summed E-state index contributed by atoms with van der Waals surface area (Å²) in [5.41, 5.74) is 3.92. The number of allylic oxidation sites excluding steroid dienone is 2. The molecule has 0 heterocycles. The lowest BCUT2D eigenvalue weighted by atomic mass is 10.1. The molecule has 0 aliphatic carbocycles. The molecule has 0 saturated carbocycles. The van der Waals surface area contributed by atoms with Gasteiger partial charge in [0.15, 0.2) is 0 Å². The SMILES string of the molecule is C/C=C/CCc1ccc(C=Nc2ccc(C#N)cc2)cc1. The molecule has 2 aromatic rings. The largest absolute Gasteiger partial charge is 0.256 e. The molecule has 0 aliphatic rings. The van der Waals surface area contributed by atoms with E-state index in [1.165, 1.54) is 5.56 Å². The number of aryl methyl sites for hydroxylation is 1. The molecule has 0 fully saturated rings. The van der Waals surface area contributed by atoms with Gasteiger partial charge in [-0.25, -0.2) is 0 Å². The summed E-state index contributed by atoms with van der Waals surface area (Å²) in [6, 6.07) is 17.8. The van der Waals surface area contributed by atoms with Crippen molar-refractivity contribution in [3.05, 3.63) is 77.4 Å². The third kappa shape index (κ3) is 4.74. The zero-order valence-corrected chi connectivity index (χ0v) is 12.2. The molecule has 0 N–H and O–H groups in total. The second kappa shape index (κ2) is 7.81. The summed E-state index contributed by atoms with van der Waals surface area (Å²) >= 11 is 0. The standard InChI is InChI=1S/C19H18N2/c1-2-3-4-5-16-6-8-18(9-7-16)15-21-19-12-10-17(14-20)11-13-19/h2-3,6-13,15H,4-5H2,1H3/b3-2+,21-15?. The second-order valence-corrected chi connectivity index (χ2v) is 4.77. The number of rotatable bonds is 5. The van der Waals surface area contributed by atoms with Gasteiger partial charge in [-0.3, -0.25) is 4.99 Å². The summed E-state index contributed by atoms with van der Waals surface area (Å²) in [6.45, 7) is 2.04. The minimum Gasteiger partial charge on any atom is -0.256 e. The number of benzene rings is 2. The smallest absolute Gasteiger partial charge is 0.0991 e. The first-order valence-corrected chi connectivity index (χ1v) is 7.06. The van der Waals surface area contributed by atoms with Crippen molar-refractivity contribution < 1.29 is 0 Å². The summed E-state index contributed by atoms with van der Waals surface area (Å²) in [4.78, 5) is 4.41. The lowest BCUT2D eigenvalue weighted by Crippen LogP contribution is -1.85. The summed E-state index contributed by atoms with van der Waals surface area (Å²) in [5, 5.41) is 8.75. The Kier molecular flexibility index (Phi) is 5.49. The zero-order chi connectivity index (χ0) is 14.9. The highest BCUT2D eigenvalue weighted by Crippen LogP contribution is 2.13. The second-order valence-electron chi connectivity index (χ2n) is 4.77. The van der Waals surface area contributed by atoms with Gasteiger partial charge in [0, 0.05) is 6.21 Å². The normalized spacial score (nSPS) is 11.0. The minimum absolute atomic E-state index is 0.652. The van der Waals surface area contributed by atoms with E-state index >= 15 is 0 Å². The monoisotopic (exact) mass is 274 g/mol. The van der Waals surface area contributed by atoms with Crippen molar-refractivity contribution in [2.24, 2.45) is 4.99 Å². The van der Waals surface area contributed by atoms with Crippen LogP contribution in [0.5, 0.6) is 0 Å². The molecule has 0 bridgehead atoms. The third-order valence-corrected chi connectivity index (χ3v) is 3.17. The molecule has 21 heavy (non-hydrogen) atoms. The van der Waals surface area contributed by atoms with Crippen molar-refractivity contribution in [2.75, 3.05) is 0 Å². The van der Waals surface area contributed by atoms with Gasteiger partial charge in [-0.15, -0.1) is 0 Å². The topological polar surface area (TPSA) is 36.1 Å². The van der Waals surface area contributed by atoms with Crippen LogP contribution in [0.2, 0.25) is 0 Å². The van der Waals surface area contributed by atoms with E-state index < -0.39 is 0 Å². The minimum atomic E-state index is 0.652. The Balaban J connectivity index is 1.98. The van der Waals surface area contributed by atoms with Gasteiger partial charge < -0.3 is 0 Å². The number of nitriles is 1. The number of hydrogen-bond donors (Lipinski definition) is 0. The molecule has 2 heteroatoms. The molecule has 0 radical (unpaired) electrons. The summed E-state index contributed by atoms with van der Waals surface area (Å²) in [6.07, 6.45) is 8.25. The molecule has 0 atom stereocenters. The van der Waals surface area contributed by atoms with Crippen LogP contribution in [-0.2, 0) is 6.42 Å². The van der Waals surface area contributed by atoms with Crippen molar-refractivity contribution in [3.8, 4) is 6.07 Å². The highest BCUT2D eigenvalue weighted by molar-refractivity contribution is 5.81. The predicted octanol–water partition coefficient (Wildman–Crippen LogP) is 4.82. The van der Waals surface area contributed by atoms with Crippen LogP contribution in [0.15, 0.2) is 65.7 Å². The summed E-state index contributed by atoms with van der Waals surface area (Å²) in [5.74, 6) is 0. The molecular weight excluding hydrogens is 256 g/mol. The summed E-state index contributed by atoms with van der Waals surface area (Å²) in [7, 11) is 0. The number of nitrogens with zero attached hydrogens (tertiary/aromatic N) is 2. The maximum Gasteiger partial charge on any atom is 0.0991 e. The van der Waals surface area contributed by atoms with E-state index in [1.807, 2.05) is 25.3 Å². The van der Waals surface area contributed by atoms with Crippen molar-refractivity contribution in [3.63, 3.8) is 0 Å². The molecule has 2 nitrogen and oxygen atoms in total. The van der Waals surface area contributed by atoms with E-state index in [9.17, 15) is 0 Å². The van der Waals surface area contributed by atoms with Gasteiger partial charge in [0.1, 0.15) is 0 Å². The Morgan fingerprint density at radius 1 is 1.05 bits per heavy atom. The molecule has 2 rings (SSSR count). The van der Waals surface area contributed by atoms with Crippen LogP contribution < -0.4 is 0 Å². The summed E-state index contributed by atoms with van der Waals surface area (Å²) < 4.78 is 0. The van der Waals surface area contributed by atoms with Gasteiger partial charge in [0.25, 0.3) is 0 Å². The Labute approximate surface area is 126 Å². The number of hydrogen-bond acceptors (Lipinski definition) is 2. The Morgan fingerprint density at radius 2 is 1.76 bits per heavy atom. The van der Waals surface area contributed by atoms with E-state index in [4.69, 9.17) is 5.26 Å². The fourth-order valence-electron chi connectivity index (χ4n) is 1.96. The lowest BCUT2D eigenvalue weighted by Gasteiger charge is -1.99.